The van der Waals surface area contributed by atoms with Gasteiger partial charge in [0.05, 0.1) is 0 Å². The summed E-state index contributed by atoms with van der Waals surface area (Å²) in [4.78, 5) is 0. The van der Waals surface area contributed by atoms with Crippen LogP contribution in [0.3, 0.4) is 0 Å². The molecule has 10 aromatic carbocycles. The molecule has 0 N–H and O–H groups in total. The first kappa shape index (κ1) is 27.5. The molecule has 0 heteroatoms. The molecule has 11 rings (SSSR count). The van der Waals surface area contributed by atoms with Crippen LogP contribution in [0.1, 0.15) is 0 Å². The fourth-order valence-electron chi connectivity index (χ4n) is 8.80. The minimum absolute atomic E-state index is 1.23. The second-order valence-electron chi connectivity index (χ2n) is 13.6. The summed E-state index contributed by atoms with van der Waals surface area (Å²) in [6, 6.07) is 67.7. The van der Waals surface area contributed by atoms with Crippen molar-refractivity contribution in [2.24, 2.45) is 0 Å². The highest BCUT2D eigenvalue weighted by Crippen LogP contribution is 2.52. The summed E-state index contributed by atoms with van der Waals surface area (Å²) in [5.41, 5.74) is 12.9. The average Bonchev–Trinajstić information content (AvgIpc) is 3.51. The van der Waals surface area contributed by atoms with Gasteiger partial charge in [-0.15, -0.1) is 0 Å². The van der Waals surface area contributed by atoms with Gasteiger partial charge in [0.2, 0.25) is 0 Å². The van der Waals surface area contributed by atoms with E-state index in [1.165, 1.54) is 109 Å². The zero-order valence-electron chi connectivity index (χ0n) is 27.3. The minimum Gasteiger partial charge on any atom is -0.0616 e. The van der Waals surface area contributed by atoms with E-state index < -0.39 is 0 Å². The van der Waals surface area contributed by atoms with Crippen LogP contribution in [0.25, 0.3) is 109 Å². The largest absolute Gasteiger partial charge is 0.0616 e. The van der Waals surface area contributed by atoms with Crippen LogP contribution in [-0.4, -0.2) is 0 Å². The number of fused-ring (bicyclic) bond motifs is 7. The van der Waals surface area contributed by atoms with Crippen molar-refractivity contribution in [1.29, 1.82) is 0 Å². The lowest BCUT2D eigenvalue weighted by molar-refractivity contribution is 1.66. The predicted molar refractivity (Wildman–Crippen MR) is 215 cm³/mol. The Kier molecular flexibility index (Phi) is 5.76. The fourth-order valence-corrected chi connectivity index (χ4v) is 8.80. The molecule has 50 heavy (non-hydrogen) atoms. The van der Waals surface area contributed by atoms with Crippen LogP contribution in [-0.2, 0) is 0 Å². The third-order valence-corrected chi connectivity index (χ3v) is 11.0. The molecule has 10 aromatic rings. The first-order chi connectivity index (χ1) is 24.8. The summed E-state index contributed by atoms with van der Waals surface area (Å²) in [6.45, 7) is 0. The molecule has 1 aliphatic rings. The summed E-state index contributed by atoms with van der Waals surface area (Å²) >= 11 is 0. The molecule has 0 aromatic heterocycles. The van der Waals surface area contributed by atoms with E-state index in [0.29, 0.717) is 0 Å². The fraction of sp³-hybridized carbons (Fsp3) is 0. The van der Waals surface area contributed by atoms with E-state index in [9.17, 15) is 0 Å². The lowest BCUT2D eigenvalue weighted by Crippen LogP contribution is -1.93. The third kappa shape index (κ3) is 3.88. The number of hydrogen-bond acceptors (Lipinski definition) is 0. The van der Waals surface area contributed by atoms with Gasteiger partial charge in [-0.2, -0.15) is 0 Å². The summed E-state index contributed by atoms with van der Waals surface area (Å²) in [6.07, 6.45) is 0. The van der Waals surface area contributed by atoms with E-state index in [1.54, 1.807) is 0 Å². The van der Waals surface area contributed by atoms with Gasteiger partial charge in [-0.3, -0.25) is 0 Å². The van der Waals surface area contributed by atoms with Crippen molar-refractivity contribution < 1.29 is 0 Å². The van der Waals surface area contributed by atoms with Crippen molar-refractivity contribution in [2.75, 3.05) is 0 Å². The lowest BCUT2D eigenvalue weighted by atomic mass is 9.82. The van der Waals surface area contributed by atoms with Crippen LogP contribution >= 0.6 is 0 Å². The molecule has 0 aliphatic heterocycles. The van der Waals surface area contributed by atoms with Crippen LogP contribution in [0.4, 0.5) is 0 Å². The van der Waals surface area contributed by atoms with Crippen molar-refractivity contribution in [3.8, 4) is 55.6 Å². The van der Waals surface area contributed by atoms with Crippen LogP contribution in [0.5, 0.6) is 0 Å². The summed E-state index contributed by atoms with van der Waals surface area (Å²) < 4.78 is 0. The van der Waals surface area contributed by atoms with Crippen LogP contribution in [0.2, 0.25) is 0 Å². The van der Waals surface area contributed by atoms with Gasteiger partial charge in [0.15, 0.2) is 0 Å². The van der Waals surface area contributed by atoms with Gasteiger partial charge in [0, 0.05) is 0 Å². The Morgan fingerprint density at radius 2 is 0.760 bits per heavy atom. The van der Waals surface area contributed by atoms with E-state index >= 15 is 0 Å². The normalized spacial score (nSPS) is 12.0. The van der Waals surface area contributed by atoms with E-state index in [1.807, 2.05) is 0 Å². The van der Waals surface area contributed by atoms with Gasteiger partial charge in [-0.05, 0) is 122 Å². The lowest BCUT2D eigenvalue weighted by Gasteiger charge is -2.20. The maximum atomic E-state index is 2.46. The van der Waals surface area contributed by atoms with Gasteiger partial charge in [0.25, 0.3) is 0 Å². The Bertz CT molecular complexity index is 3000. The molecule has 0 fully saturated rings. The van der Waals surface area contributed by atoms with Crippen molar-refractivity contribution >= 4 is 53.9 Å². The molecular weight excluding hydrogens is 601 g/mol. The maximum absolute atomic E-state index is 2.46. The number of rotatable bonds is 3. The van der Waals surface area contributed by atoms with E-state index in [4.69, 9.17) is 0 Å². The highest BCUT2D eigenvalue weighted by molar-refractivity contribution is 6.27. The summed E-state index contributed by atoms with van der Waals surface area (Å²) in [5.74, 6) is 0. The van der Waals surface area contributed by atoms with Crippen molar-refractivity contribution in [3.63, 3.8) is 0 Å². The molecule has 0 saturated heterocycles. The molecule has 0 radical (unpaired) electrons. The molecule has 230 valence electrons. The van der Waals surface area contributed by atoms with Gasteiger partial charge in [-0.25, -0.2) is 0 Å². The predicted octanol–water partition coefficient (Wildman–Crippen LogP) is 14.1. The first-order valence-corrected chi connectivity index (χ1v) is 17.4. The van der Waals surface area contributed by atoms with Gasteiger partial charge >= 0.3 is 0 Å². The van der Waals surface area contributed by atoms with Crippen LogP contribution in [0.15, 0.2) is 182 Å². The Morgan fingerprint density at radius 1 is 0.220 bits per heavy atom. The van der Waals surface area contributed by atoms with Crippen molar-refractivity contribution in [2.45, 2.75) is 0 Å². The molecule has 0 amide bonds. The van der Waals surface area contributed by atoms with E-state index in [2.05, 4.69) is 182 Å². The quantitative estimate of drug-likeness (QED) is 0.170. The smallest absolute Gasteiger partial charge is 0.00199 e. The Hall–Kier alpha value is -6.50. The molecule has 0 unspecified atom stereocenters. The molecule has 0 heterocycles. The monoisotopic (exact) mass is 630 g/mol. The van der Waals surface area contributed by atoms with Crippen LogP contribution < -0.4 is 0 Å². The van der Waals surface area contributed by atoms with Crippen molar-refractivity contribution in [3.05, 3.63) is 182 Å². The molecule has 0 nitrogen and oxygen atoms in total. The van der Waals surface area contributed by atoms with Gasteiger partial charge < -0.3 is 0 Å². The van der Waals surface area contributed by atoms with Crippen molar-refractivity contribution in [1.82, 2.24) is 0 Å². The second-order valence-corrected chi connectivity index (χ2v) is 13.6. The van der Waals surface area contributed by atoms with Crippen LogP contribution in [0, 0.1) is 0 Å². The topological polar surface area (TPSA) is 0 Å². The Balaban J connectivity index is 1.29. The van der Waals surface area contributed by atoms with Gasteiger partial charge in [0.1, 0.15) is 0 Å². The third-order valence-electron chi connectivity index (χ3n) is 11.0. The minimum atomic E-state index is 1.23. The zero-order chi connectivity index (χ0) is 32.8. The number of benzene rings is 10. The second kappa shape index (κ2) is 10.5. The zero-order valence-corrected chi connectivity index (χ0v) is 27.3. The molecule has 1 aliphatic carbocycles. The highest BCUT2D eigenvalue weighted by Gasteiger charge is 2.25. The average molecular weight is 631 g/mol. The molecule has 0 bridgehead atoms. The Labute approximate surface area is 290 Å². The molecule has 0 atom stereocenters. The Morgan fingerprint density at radius 3 is 1.60 bits per heavy atom. The number of hydrogen-bond donors (Lipinski definition) is 0. The van der Waals surface area contributed by atoms with E-state index in [0.717, 1.165) is 0 Å². The van der Waals surface area contributed by atoms with Gasteiger partial charge in [-0.1, -0.05) is 170 Å². The highest BCUT2D eigenvalue weighted by atomic mass is 14.3. The molecule has 0 saturated carbocycles. The summed E-state index contributed by atoms with van der Waals surface area (Å²) in [5, 5.41) is 12.8. The first-order valence-electron chi connectivity index (χ1n) is 17.4. The molecule has 0 spiro atoms. The maximum Gasteiger partial charge on any atom is -0.00199 e. The molecular formula is C50H30. The standard InChI is InChI=1S/C50H30/c1-2-13-33-29-35(24-23-31(33)11-1)48-41-18-7-8-19-42(41)50(45-28-27-44-39-17-6-5-16-38(39)40-21-10-22-43(45)49(40)44)47-30-34(25-26-46(47)48)37-20-9-14-32-12-3-4-15-36(32)37/h1-30H. The summed E-state index contributed by atoms with van der Waals surface area (Å²) in [7, 11) is 0. The van der Waals surface area contributed by atoms with E-state index in [-0.39, 0.29) is 0 Å². The SMILES string of the molecule is c1ccc2c(c1)-c1cccc3c(-c4c5ccccc5c(-c5ccc6ccccc6c5)c5ccc(-c6cccc7ccccc67)cc45)ccc-2c13.